The number of hydrogen-bond acceptors (Lipinski definition) is 2. The van der Waals surface area contributed by atoms with Gasteiger partial charge in [-0.1, -0.05) is 56.3 Å². The quantitative estimate of drug-likeness (QED) is 0.341. The normalized spacial score (nSPS) is 14.7. The molecule has 0 radical (unpaired) electrons. The van der Waals surface area contributed by atoms with Crippen LogP contribution < -0.4 is 10.1 Å². The number of carbonyl (C=O) groups excluding carboxylic acids is 1. The van der Waals surface area contributed by atoms with E-state index in [0.29, 0.717) is 19.1 Å². The second-order valence-electron chi connectivity index (χ2n) is 9.17. The van der Waals surface area contributed by atoms with Crippen LogP contribution in [-0.4, -0.2) is 22.1 Å². The van der Waals surface area contributed by atoms with Crippen molar-refractivity contribution < 1.29 is 9.53 Å². The van der Waals surface area contributed by atoms with Gasteiger partial charge in [0.05, 0.1) is 24.9 Å². The first kappa shape index (κ1) is 22.8. The molecule has 0 fully saturated rings. The third-order valence-corrected chi connectivity index (χ3v) is 6.56. The summed E-state index contributed by atoms with van der Waals surface area (Å²) in [6.07, 6.45) is 2.08. The van der Waals surface area contributed by atoms with E-state index in [1.165, 1.54) is 5.56 Å². The van der Waals surface area contributed by atoms with E-state index in [1.54, 1.807) is 0 Å². The number of rotatable bonds is 5. The first-order chi connectivity index (χ1) is 17.0. The number of amides is 2. The number of carbonyl (C=O) groups is 1. The second kappa shape index (κ2) is 9.71. The molecule has 1 atom stereocenters. The lowest BCUT2D eigenvalue weighted by Crippen LogP contribution is -2.37. The van der Waals surface area contributed by atoms with Crippen molar-refractivity contribution in [2.24, 2.45) is 0 Å². The summed E-state index contributed by atoms with van der Waals surface area (Å²) in [5.41, 5.74) is 6.38. The summed E-state index contributed by atoms with van der Waals surface area (Å²) in [5.74, 6) is 1.24. The summed E-state index contributed by atoms with van der Waals surface area (Å²) < 4.78 is 7.75. The van der Waals surface area contributed by atoms with E-state index >= 15 is 0 Å². The SMILES string of the molecule is CCOc1ccc(NC(=O)N2Cc3ccccc3-n3cccc3[C@@H]2c2ccc(C(C)C)cc2)cc1. The lowest BCUT2D eigenvalue weighted by Gasteiger charge is -2.31. The van der Waals surface area contributed by atoms with Gasteiger partial charge in [0.1, 0.15) is 5.75 Å². The number of para-hydroxylation sites is 1. The number of nitrogens with one attached hydrogen (secondary N) is 1. The molecule has 5 rings (SSSR count). The van der Waals surface area contributed by atoms with E-state index < -0.39 is 0 Å². The molecular formula is C30H31N3O2. The number of fused-ring (bicyclic) bond motifs is 3. The molecule has 0 bridgehead atoms. The Hall–Kier alpha value is -3.99. The van der Waals surface area contributed by atoms with E-state index in [1.807, 2.05) is 48.2 Å². The average Bonchev–Trinajstić information content (AvgIpc) is 3.30. The summed E-state index contributed by atoms with van der Waals surface area (Å²) in [6, 6.07) is 28.3. The first-order valence-corrected chi connectivity index (χ1v) is 12.2. The molecule has 2 amide bonds. The minimum Gasteiger partial charge on any atom is -0.494 e. The zero-order valence-corrected chi connectivity index (χ0v) is 20.4. The highest BCUT2D eigenvalue weighted by atomic mass is 16.5. The predicted octanol–water partition coefficient (Wildman–Crippen LogP) is 7.14. The van der Waals surface area contributed by atoms with Gasteiger partial charge in [-0.3, -0.25) is 0 Å². The molecule has 0 aliphatic carbocycles. The molecular weight excluding hydrogens is 434 g/mol. The average molecular weight is 466 g/mol. The predicted molar refractivity (Wildman–Crippen MR) is 140 cm³/mol. The minimum atomic E-state index is -0.235. The summed E-state index contributed by atoms with van der Waals surface area (Å²) in [7, 11) is 0. The maximum Gasteiger partial charge on any atom is 0.322 e. The van der Waals surface area contributed by atoms with Crippen molar-refractivity contribution in [1.29, 1.82) is 0 Å². The maximum atomic E-state index is 13.8. The highest BCUT2D eigenvalue weighted by Gasteiger charge is 2.33. The van der Waals surface area contributed by atoms with Gasteiger partial charge in [0.25, 0.3) is 0 Å². The summed E-state index contributed by atoms with van der Waals surface area (Å²) >= 11 is 0. The van der Waals surface area contributed by atoms with Crippen molar-refractivity contribution in [3.8, 4) is 11.4 Å². The Kier molecular flexibility index (Phi) is 6.32. The number of urea groups is 1. The topological polar surface area (TPSA) is 46.5 Å². The van der Waals surface area contributed by atoms with Gasteiger partial charge in [-0.25, -0.2) is 4.79 Å². The van der Waals surface area contributed by atoms with Gasteiger partial charge >= 0.3 is 6.03 Å². The number of benzene rings is 3. The molecule has 4 aromatic rings. The zero-order valence-electron chi connectivity index (χ0n) is 20.4. The molecule has 1 aliphatic rings. The summed E-state index contributed by atoms with van der Waals surface area (Å²) in [6.45, 7) is 7.45. The van der Waals surface area contributed by atoms with Crippen LogP contribution in [0.1, 0.15) is 55.1 Å². The fourth-order valence-electron chi connectivity index (χ4n) is 4.75. The molecule has 5 heteroatoms. The highest BCUT2D eigenvalue weighted by molar-refractivity contribution is 5.90. The molecule has 178 valence electrons. The van der Waals surface area contributed by atoms with Crippen LogP contribution in [0.15, 0.2) is 91.1 Å². The molecule has 3 aromatic carbocycles. The molecule has 2 heterocycles. The van der Waals surface area contributed by atoms with Crippen LogP contribution in [0.4, 0.5) is 10.5 Å². The monoisotopic (exact) mass is 465 g/mol. The fourth-order valence-corrected chi connectivity index (χ4v) is 4.75. The smallest absolute Gasteiger partial charge is 0.322 e. The lowest BCUT2D eigenvalue weighted by atomic mass is 9.97. The lowest BCUT2D eigenvalue weighted by molar-refractivity contribution is 0.194. The molecule has 5 nitrogen and oxygen atoms in total. The van der Waals surface area contributed by atoms with Crippen molar-refractivity contribution in [2.75, 3.05) is 11.9 Å². The van der Waals surface area contributed by atoms with Crippen molar-refractivity contribution in [1.82, 2.24) is 9.47 Å². The molecule has 1 N–H and O–H groups in total. The Morgan fingerprint density at radius 2 is 1.71 bits per heavy atom. The number of hydrogen-bond donors (Lipinski definition) is 1. The van der Waals surface area contributed by atoms with Crippen molar-refractivity contribution >= 4 is 11.7 Å². The second-order valence-corrected chi connectivity index (χ2v) is 9.17. The fraction of sp³-hybridized carbons (Fsp3) is 0.233. The largest absolute Gasteiger partial charge is 0.494 e. The van der Waals surface area contributed by atoms with E-state index in [0.717, 1.165) is 33.9 Å². The molecule has 0 saturated heterocycles. The third kappa shape index (κ3) is 4.54. The van der Waals surface area contributed by atoms with Gasteiger partial charge in [0, 0.05) is 17.6 Å². The van der Waals surface area contributed by atoms with Gasteiger partial charge in [-0.05, 0) is 72.0 Å². The van der Waals surface area contributed by atoms with E-state index in [4.69, 9.17) is 4.74 Å². The standard InChI is InChI=1S/C30H31N3O2/c1-4-35-26-17-15-25(16-18-26)31-30(34)33-20-24-8-5-6-9-27(24)32-19-7-10-28(32)29(33)23-13-11-22(12-14-23)21(2)3/h5-19,21,29H,4,20H2,1-3H3,(H,31,34)/t29-/m0/s1. The molecule has 0 saturated carbocycles. The zero-order chi connectivity index (χ0) is 24.4. The van der Waals surface area contributed by atoms with Crippen molar-refractivity contribution in [3.63, 3.8) is 0 Å². The van der Waals surface area contributed by atoms with Crippen LogP contribution >= 0.6 is 0 Å². The number of anilines is 1. The molecule has 35 heavy (non-hydrogen) atoms. The third-order valence-electron chi connectivity index (χ3n) is 6.56. The highest BCUT2D eigenvalue weighted by Crippen LogP contribution is 2.37. The Balaban J connectivity index is 1.55. The van der Waals surface area contributed by atoms with Crippen LogP contribution in [0.5, 0.6) is 5.75 Å². The summed E-state index contributed by atoms with van der Waals surface area (Å²) in [5, 5.41) is 3.11. The van der Waals surface area contributed by atoms with Crippen LogP contribution in [0.2, 0.25) is 0 Å². The van der Waals surface area contributed by atoms with Gasteiger partial charge in [-0.2, -0.15) is 0 Å². The molecule has 1 aliphatic heterocycles. The van der Waals surface area contributed by atoms with Gasteiger partial charge < -0.3 is 19.5 Å². The Bertz CT molecular complexity index is 1310. The molecule has 0 spiro atoms. The number of ether oxygens (including phenoxy) is 1. The number of nitrogens with zero attached hydrogens (tertiary/aromatic N) is 2. The number of aromatic nitrogens is 1. The van der Waals surface area contributed by atoms with Crippen molar-refractivity contribution in [3.05, 3.63) is 114 Å². The Morgan fingerprint density at radius 3 is 2.43 bits per heavy atom. The van der Waals surface area contributed by atoms with Gasteiger partial charge in [-0.15, -0.1) is 0 Å². The Morgan fingerprint density at radius 1 is 0.971 bits per heavy atom. The maximum absolute atomic E-state index is 13.8. The first-order valence-electron chi connectivity index (χ1n) is 12.2. The molecule has 1 aromatic heterocycles. The van der Waals surface area contributed by atoms with E-state index in [2.05, 4.69) is 78.5 Å². The van der Waals surface area contributed by atoms with Crippen LogP contribution in [0.25, 0.3) is 5.69 Å². The minimum absolute atomic E-state index is 0.142. The van der Waals surface area contributed by atoms with Crippen LogP contribution in [0, 0.1) is 0 Å². The van der Waals surface area contributed by atoms with Crippen LogP contribution in [0.3, 0.4) is 0 Å². The Labute approximate surface area is 207 Å². The van der Waals surface area contributed by atoms with Crippen LogP contribution in [-0.2, 0) is 6.54 Å². The molecule has 0 unspecified atom stereocenters. The van der Waals surface area contributed by atoms with E-state index in [9.17, 15) is 4.79 Å². The summed E-state index contributed by atoms with van der Waals surface area (Å²) in [4.78, 5) is 15.7. The van der Waals surface area contributed by atoms with Gasteiger partial charge in [0.15, 0.2) is 0 Å². The van der Waals surface area contributed by atoms with Gasteiger partial charge in [0.2, 0.25) is 0 Å². The van der Waals surface area contributed by atoms with E-state index in [-0.39, 0.29) is 12.1 Å². The van der Waals surface area contributed by atoms with Crippen molar-refractivity contribution in [2.45, 2.75) is 39.3 Å².